The Balaban J connectivity index is 1.18. The molecule has 0 bridgehead atoms. The fourth-order valence-corrected chi connectivity index (χ4v) is 5.78. The molecule has 1 aliphatic rings. The Morgan fingerprint density at radius 1 is 0.957 bits per heavy atom. The van der Waals surface area contributed by atoms with Gasteiger partial charge in [0.25, 0.3) is 5.91 Å². The fraction of sp³-hybridized carbons (Fsp3) is 0.237. The van der Waals surface area contributed by atoms with Gasteiger partial charge in [-0.3, -0.25) is 9.78 Å². The van der Waals surface area contributed by atoms with E-state index in [1.54, 1.807) is 0 Å². The van der Waals surface area contributed by atoms with E-state index in [2.05, 4.69) is 52.0 Å². The molecule has 1 fully saturated rings. The van der Waals surface area contributed by atoms with Crippen LogP contribution in [0.3, 0.4) is 0 Å². The number of benzene rings is 4. The molecule has 2 N–H and O–H groups in total. The van der Waals surface area contributed by atoms with Crippen molar-refractivity contribution in [1.29, 1.82) is 0 Å². The quantitative estimate of drug-likeness (QED) is 0.167. The van der Waals surface area contributed by atoms with Gasteiger partial charge in [0.1, 0.15) is 5.69 Å². The van der Waals surface area contributed by atoms with E-state index in [1.807, 2.05) is 84.9 Å². The van der Waals surface area contributed by atoms with Gasteiger partial charge in [-0.05, 0) is 47.0 Å². The summed E-state index contributed by atoms with van der Waals surface area (Å²) in [5.74, 6) is -0.274. The molecular weight excluding hydrogens is 576 g/mol. The van der Waals surface area contributed by atoms with Crippen LogP contribution in [0, 0.1) is 0 Å². The summed E-state index contributed by atoms with van der Waals surface area (Å²) in [6.45, 7) is 5.73. The highest BCUT2D eigenvalue weighted by molar-refractivity contribution is 5.93. The van der Waals surface area contributed by atoms with Crippen molar-refractivity contribution in [2.24, 2.45) is 0 Å². The number of aromatic nitrogens is 2. The predicted molar refractivity (Wildman–Crippen MR) is 179 cm³/mol. The molecule has 0 spiro atoms. The third-order valence-corrected chi connectivity index (χ3v) is 8.20. The van der Waals surface area contributed by atoms with E-state index in [4.69, 9.17) is 9.47 Å². The number of fused-ring (bicyclic) bond motifs is 1. The fourth-order valence-electron chi connectivity index (χ4n) is 5.78. The normalized spacial score (nSPS) is 18.0. The number of rotatable bonds is 11. The molecule has 1 aromatic heterocycles. The lowest BCUT2D eigenvalue weighted by Gasteiger charge is -2.37. The predicted octanol–water partition coefficient (Wildman–Crippen LogP) is 6.38. The summed E-state index contributed by atoms with van der Waals surface area (Å²) in [6, 6.07) is 31.7. The number of aliphatic hydroxyl groups is 1. The van der Waals surface area contributed by atoms with E-state index in [1.165, 1.54) is 6.20 Å². The number of likely N-dealkylation sites (N-methyl/N-ethyl adjacent to an activating group) is 1. The molecule has 0 saturated carbocycles. The smallest absolute Gasteiger partial charge is 0.271 e. The topological polar surface area (TPSA) is 96.8 Å². The molecule has 1 saturated heterocycles. The first kappa shape index (κ1) is 31.3. The average molecular weight is 615 g/mol. The number of carbonyl (C=O) groups is 1. The Bertz CT molecular complexity index is 1790. The summed E-state index contributed by atoms with van der Waals surface area (Å²) in [5, 5.41) is 12.5. The van der Waals surface area contributed by atoms with Crippen LogP contribution < -0.4 is 5.32 Å². The number of para-hydroxylation sites is 2. The summed E-state index contributed by atoms with van der Waals surface area (Å²) in [4.78, 5) is 24.0. The van der Waals surface area contributed by atoms with Crippen molar-refractivity contribution in [2.45, 2.75) is 38.1 Å². The zero-order chi connectivity index (χ0) is 31.9. The van der Waals surface area contributed by atoms with Gasteiger partial charge in [-0.2, -0.15) is 0 Å². The van der Waals surface area contributed by atoms with Gasteiger partial charge in [0, 0.05) is 31.6 Å². The molecule has 8 nitrogen and oxygen atoms in total. The Labute approximate surface area is 269 Å². The minimum Gasteiger partial charge on any atom is -0.392 e. The lowest BCUT2D eigenvalue weighted by molar-refractivity contribution is -0.252. The number of ether oxygens (including phenoxy) is 2. The van der Waals surface area contributed by atoms with Crippen LogP contribution in [0.2, 0.25) is 0 Å². The van der Waals surface area contributed by atoms with Crippen molar-refractivity contribution in [3.8, 4) is 11.1 Å². The number of nitrogens with one attached hydrogen (secondary N) is 1. The first-order chi connectivity index (χ1) is 22.5. The number of carbonyl (C=O) groups excluding carboxylic acids is 1. The highest BCUT2D eigenvalue weighted by atomic mass is 16.7. The van der Waals surface area contributed by atoms with Crippen molar-refractivity contribution >= 4 is 16.9 Å². The van der Waals surface area contributed by atoms with Gasteiger partial charge < -0.3 is 24.8 Å². The highest BCUT2D eigenvalue weighted by Crippen LogP contribution is 2.38. The summed E-state index contributed by atoms with van der Waals surface area (Å²) >= 11 is 0. The Hall–Kier alpha value is -4.73. The van der Waals surface area contributed by atoms with Crippen molar-refractivity contribution in [2.75, 3.05) is 20.1 Å². The average Bonchev–Trinajstić information content (AvgIpc) is 3.10. The first-order valence-electron chi connectivity index (χ1n) is 15.5. The van der Waals surface area contributed by atoms with Crippen LogP contribution in [0.4, 0.5) is 0 Å². The Morgan fingerprint density at radius 3 is 2.43 bits per heavy atom. The van der Waals surface area contributed by atoms with Gasteiger partial charge >= 0.3 is 0 Å². The van der Waals surface area contributed by atoms with Gasteiger partial charge in [-0.25, -0.2) is 4.98 Å². The van der Waals surface area contributed by atoms with Gasteiger partial charge in [0.05, 0.1) is 36.0 Å². The molecule has 234 valence electrons. The minimum atomic E-state index is -0.537. The molecule has 1 amide bonds. The van der Waals surface area contributed by atoms with Crippen LogP contribution in [0.5, 0.6) is 0 Å². The van der Waals surface area contributed by atoms with Crippen LogP contribution >= 0.6 is 0 Å². The summed E-state index contributed by atoms with van der Waals surface area (Å²) in [6.07, 6.45) is 3.39. The monoisotopic (exact) mass is 614 g/mol. The molecule has 1 aliphatic heterocycles. The molecule has 3 atom stereocenters. The van der Waals surface area contributed by atoms with E-state index in [0.29, 0.717) is 12.1 Å². The lowest BCUT2D eigenvalue weighted by Crippen LogP contribution is -2.37. The van der Waals surface area contributed by atoms with E-state index < -0.39 is 6.29 Å². The number of aliphatic hydroxyl groups excluding tert-OH is 1. The van der Waals surface area contributed by atoms with E-state index >= 15 is 0 Å². The van der Waals surface area contributed by atoms with Crippen LogP contribution in [-0.2, 0) is 22.6 Å². The molecule has 46 heavy (non-hydrogen) atoms. The Kier molecular flexibility index (Phi) is 9.91. The zero-order valence-electron chi connectivity index (χ0n) is 25.9. The molecule has 5 aromatic rings. The second-order valence-electron chi connectivity index (χ2n) is 11.6. The van der Waals surface area contributed by atoms with E-state index in [0.717, 1.165) is 58.4 Å². The minimum absolute atomic E-state index is 0.00744. The molecule has 4 aromatic carbocycles. The van der Waals surface area contributed by atoms with Crippen molar-refractivity contribution in [3.63, 3.8) is 0 Å². The highest BCUT2D eigenvalue weighted by Gasteiger charge is 2.32. The van der Waals surface area contributed by atoms with Crippen LogP contribution in [-0.4, -0.2) is 52.1 Å². The molecular formula is C38H38N4O4. The molecule has 3 unspecified atom stereocenters. The van der Waals surface area contributed by atoms with Crippen molar-refractivity contribution in [1.82, 2.24) is 20.2 Å². The van der Waals surface area contributed by atoms with Crippen LogP contribution in [0.25, 0.3) is 22.2 Å². The van der Waals surface area contributed by atoms with Crippen molar-refractivity contribution < 1.29 is 19.4 Å². The molecule has 0 radical (unpaired) electrons. The second kappa shape index (κ2) is 14.6. The lowest BCUT2D eigenvalue weighted by atomic mass is 9.97. The summed E-state index contributed by atoms with van der Waals surface area (Å²) in [7, 11) is 2.06. The third-order valence-electron chi connectivity index (χ3n) is 8.20. The second-order valence-corrected chi connectivity index (χ2v) is 11.6. The van der Waals surface area contributed by atoms with E-state index in [-0.39, 0.29) is 30.4 Å². The maximum atomic E-state index is 13.0. The largest absolute Gasteiger partial charge is 0.392 e. The molecule has 0 aliphatic carbocycles. The zero-order valence-corrected chi connectivity index (χ0v) is 25.9. The summed E-state index contributed by atoms with van der Waals surface area (Å²) < 4.78 is 13.0. The van der Waals surface area contributed by atoms with Gasteiger partial charge in [0.2, 0.25) is 0 Å². The SMILES string of the molecule is C=CCN(C)CC1CC(c2ccc(CO)cc2)OC(c2ccc(-c3ccccc3CNC(=O)c3cnc4ccccc4n3)cc2)O1. The number of hydrogen-bond acceptors (Lipinski definition) is 7. The number of amides is 1. The number of nitrogens with zero attached hydrogens (tertiary/aromatic N) is 3. The Morgan fingerprint density at radius 2 is 1.67 bits per heavy atom. The maximum Gasteiger partial charge on any atom is 0.271 e. The van der Waals surface area contributed by atoms with Crippen LogP contribution in [0.1, 0.15) is 51.6 Å². The van der Waals surface area contributed by atoms with Crippen LogP contribution in [0.15, 0.2) is 116 Å². The first-order valence-corrected chi connectivity index (χ1v) is 15.5. The standard InChI is InChI=1S/C38H38N4O4/c1-3-20-42(2)24-31-21-36(28-14-12-26(25-43)13-15-28)46-38(45-31)29-18-16-27(17-19-29)32-9-5-4-8-30(32)22-40-37(44)35-23-39-33-10-6-7-11-34(33)41-35/h3-19,23,31,36,38,43H,1,20-22,24-25H2,2H3,(H,40,44). The van der Waals surface area contributed by atoms with Crippen molar-refractivity contribution in [3.05, 3.63) is 144 Å². The van der Waals surface area contributed by atoms with Gasteiger partial charge in [-0.15, -0.1) is 6.58 Å². The molecule has 8 heteroatoms. The van der Waals surface area contributed by atoms with E-state index in [9.17, 15) is 9.90 Å². The molecule has 6 rings (SSSR count). The maximum absolute atomic E-state index is 13.0. The molecule has 2 heterocycles. The summed E-state index contributed by atoms with van der Waals surface area (Å²) in [5.41, 5.74) is 7.60. The van der Waals surface area contributed by atoms with Gasteiger partial charge in [0.15, 0.2) is 6.29 Å². The van der Waals surface area contributed by atoms with Gasteiger partial charge in [-0.1, -0.05) is 91.0 Å². The third kappa shape index (κ3) is 7.38. The number of hydrogen-bond donors (Lipinski definition) is 2.